The Balaban J connectivity index is 1.83. The Hall–Kier alpha value is -2.76. The zero-order chi connectivity index (χ0) is 24.9. The SMILES string of the molecule is CCCCNC(=O)C(Cc1ccccc1)N(Cc1cccc(Cl)c1)C(=O)CSCc1ccccc1. The molecule has 0 aliphatic heterocycles. The average molecular weight is 509 g/mol. The van der Waals surface area contributed by atoms with Crippen molar-refractivity contribution < 1.29 is 9.59 Å². The van der Waals surface area contributed by atoms with Gasteiger partial charge in [0.25, 0.3) is 0 Å². The number of carbonyl (C=O) groups is 2. The Kier molecular flexibility index (Phi) is 11.2. The van der Waals surface area contributed by atoms with Crippen LogP contribution in [0.3, 0.4) is 0 Å². The molecule has 0 spiro atoms. The normalized spacial score (nSPS) is 11.6. The highest BCUT2D eigenvalue weighted by molar-refractivity contribution is 7.99. The molecule has 4 nitrogen and oxygen atoms in total. The molecule has 0 heterocycles. The first-order valence-corrected chi connectivity index (χ1v) is 13.6. The number of rotatable bonds is 13. The summed E-state index contributed by atoms with van der Waals surface area (Å²) in [4.78, 5) is 28.7. The van der Waals surface area contributed by atoms with E-state index in [0.717, 1.165) is 29.7 Å². The maximum absolute atomic E-state index is 13.6. The minimum Gasteiger partial charge on any atom is -0.354 e. The van der Waals surface area contributed by atoms with Crippen LogP contribution in [0.5, 0.6) is 0 Å². The van der Waals surface area contributed by atoms with Gasteiger partial charge < -0.3 is 10.2 Å². The number of nitrogens with one attached hydrogen (secondary N) is 1. The van der Waals surface area contributed by atoms with Gasteiger partial charge in [0.1, 0.15) is 6.04 Å². The lowest BCUT2D eigenvalue weighted by Gasteiger charge is -2.31. The summed E-state index contributed by atoms with van der Waals surface area (Å²) in [7, 11) is 0. The molecule has 0 aromatic heterocycles. The second kappa shape index (κ2) is 14.6. The monoisotopic (exact) mass is 508 g/mol. The van der Waals surface area contributed by atoms with E-state index in [9.17, 15) is 9.59 Å². The van der Waals surface area contributed by atoms with Gasteiger partial charge in [-0.2, -0.15) is 0 Å². The quantitative estimate of drug-likeness (QED) is 0.282. The van der Waals surface area contributed by atoms with E-state index >= 15 is 0 Å². The molecule has 0 radical (unpaired) electrons. The van der Waals surface area contributed by atoms with Gasteiger partial charge in [0.15, 0.2) is 0 Å². The molecule has 3 aromatic rings. The lowest BCUT2D eigenvalue weighted by atomic mass is 10.0. The van der Waals surface area contributed by atoms with Crippen molar-refractivity contribution in [2.75, 3.05) is 12.3 Å². The van der Waals surface area contributed by atoms with Crippen molar-refractivity contribution in [3.05, 3.63) is 107 Å². The van der Waals surface area contributed by atoms with Gasteiger partial charge in [-0.15, -0.1) is 11.8 Å². The molecule has 3 rings (SSSR count). The van der Waals surface area contributed by atoms with E-state index in [4.69, 9.17) is 11.6 Å². The number of halogens is 1. The van der Waals surface area contributed by atoms with E-state index in [1.165, 1.54) is 5.56 Å². The molecule has 1 unspecified atom stereocenters. The summed E-state index contributed by atoms with van der Waals surface area (Å²) in [6, 6.07) is 26.8. The number of hydrogen-bond acceptors (Lipinski definition) is 3. The third-order valence-electron chi connectivity index (χ3n) is 5.68. The molecule has 6 heteroatoms. The van der Waals surface area contributed by atoms with Gasteiger partial charge in [0, 0.05) is 30.3 Å². The van der Waals surface area contributed by atoms with Crippen molar-refractivity contribution in [2.45, 2.75) is 44.5 Å². The summed E-state index contributed by atoms with van der Waals surface area (Å²) in [5.74, 6) is 0.857. The van der Waals surface area contributed by atoms with Gasteiger partial charge in [-0.1, -0.05) is 97.7 Å². The molecule has 35 heavy (non-hydrogen) atoms. The highest BCUT2D eigenvalue weighted by atomic mass is 35.5. The first-order valence-electron chi connectivity index (χ1n) is 12.0. The Morgan fingerprint density at radius 3 is 2.23 bits per heavy atom. The Bertz CT molecular complexity index is 1060. The summed E-state index contributed by atoms with van der Waals surface area (Å²) in [6.45, 7) is 3.01. The van der Waals surface area contributed by atoms with Gasteiger partial charge >= 0.3 is 0 Å². The molecule has 1 atom stereocenters. The number of thioether (sulfide) groups is 1. The fourth-order valence-electron chi connectivity index (χ4n) is 3.81. The minimum atomic E-state index is -0.613. The highest BCUT2D eigenvalue weighted by Gasteiger charge is 2.30. The minimum absolute atomic E-state index is 0.0579. The van der Waals surface area contributed by atoms with Crippen LogP contribution in [-0.2, 0) is 28.3 Å². The van der Waals surface area contributed by atoms with Crippen LogP contribution in [0.25, 0.3) is 0 Å². The molecule has 184 valence electrons. The van der Waals surface area contributed by atoms with Gasteiger partial charge in [-0.25, -0.2) is 0 Å². The highest BCUT2D eigenvalue weighted by Crippen LogP contribution is 2.20. The zero-order valence-electron chi connectivity index (χ0n) is 20.2. The summed E-state index contributed by atoms with van der Waals surface area (Å²) in [5, 5.41) is 3.66. The average Bonchev–Trinajstić information content (AvgIpc) is 2.87. The molecular formula is C29H33ClN2O2S. The third kappa shape index (κ3) is 9.08. The summed E-state index contributed by atoms with van der Waals surface area (Å²) in [6.07, 6.45) is 2.35. The predicted octanol–water partition coefficient (Wildman–Crippen LogP) is 6.13. The van der Waals surface area contributed by atoms with Crippen LogP contribution in [0.2, 0.25) is 5.02 Å². The molecule has 1 N–H and O–H groups in total. The second-order valence-electron chi connectivity index (χ2n) is 8.48. The number of unbranched alkanes of at least 4 members (excludes halogenated alkanes) is 1. The van der Waals surface area contributed by atoms with Gasteiger partial charge in [0.05, 0.1) is 5.75 Å². The molecule has 0 saturated carbocycles. The maximum Gasteiger partial charge on any atom is 0.243 e. The predicted molar refractivity (Wildman–Crippen MR) is 146 cm³/mol. The van der Waals surface area contributed by atoms with E-state index in [0.29, 0.717) is 30.3 Å². The van der Waals surface area contributed by atoms with E-state index in [1.54, 1.807) is 16.7 Å². The van der Waals surface area contributed by atoms with Crippen molar-refractivity contribution >= 4 is 35.2 Å². The van der Waals surface area contributed by atoms with Crippen molar-refractivity contribution in [1.82, 2.24) is 10.2 Å². The van der Waals surface area contributed by atoms with E-state index < -0.39 is 6.04 Å². The smallest absolute Gasteiger partial charge is 0.243 e. The number of carbonyl (C=O) groups excluding carboxylic acids is 2. The van der Waals surface area contributed by atoms with Gasteiger partial charge in [-0.3, -0.25) is 9.59 Å². The first kappa shape index (κ1) is 26.8. The van der Waals surface area contributed by atoms with Crippen LogP contribution >= 0.6 is 23.4 Å². The van der Waals surface area contributed by atoms with E-state index in [2.05, 4.69) is 24.4 Å². The first-order chi connectivity index (χ1) is 17.1. The molecule has 2 amide bonds. The van der Waals surface area contributed by atoms with Crippen LogP contribution in [0.15, 0.2) is 84.9 Å². The van der Waals surface area contributed by atoms with Crippen LogP contribution in [0, 0.1) is 0 Å². The number of amides is 2. The topological polar surface area (TPSA) is 49.4 Å². The molecular weight excluding hydrogens is 476 g/mol. The molecule has 0 aliphatic rings. The maximum atomic E-state index is 13.6. The number of nitrogens with zero attached hydrogens (tertiary/aromatic N) is 1. The summed E-state index contributed by atoms with van der Waals surface area (Å²) >= 11 is 7.79. The molecule has 0 aliphatic carbocycles. The largest absolute Gasteiger partial charge is 0.354 e. The third-order valence-corrected chi connectivity index (χ3v) is 6.90. The van der Waals surface area contributed by atoms with Crippen molar-refractivity contribution in [3.8, 4) is 0 Å². The summed E-state index contributed by atoms with van der Waals surface area (Å²) in [5.41, 5.74) is 3.09. The van der Waals surface area contributed by atoms with Crippen LogP contribution in [0.1, 0.15) is 36.5 Å². The van der Waals surface area contributed by atoms with Crippen molar-refractivity contribution in [1.29, 1.82) is 0 Å². The number of benzene rings is 3. The van der Waals surface area contributed by atoms with Crippen molar-refractivity contribution in [3.63, 3.8) is 0 Å². The molecule has 3 aromatic carbocycles. The Morgan fingerprint density at radius 1 is 0.914 bits per heavy atom. The fourth-order valence-corrected chi connectivity index (χ4v) is 4.89. The second-order valence-corrected chi connectivity index (χ2v) is 9.90. The van der Waals surface area contributed by atoms with Crippen molar-refractivity contribution in [2.24, 2.45) is 0 Å². The van der Waals surface area contributed by atoms with Crippen LogP contribution in [0.4, 0.5) is 0 Å². The molecule has 0 fully saturated rings. The Labute approximate surface area is 218 Å². The number of hydrogen-bond donors (Lipinski definition) is 1. The lowest BCUT2D eigenvalue weighted by molar-refractivity contribution is -0.139. The van der Waals surface area contributed by atoms with Gasteiger partial charge in [0.2, 0.25) is 11.8 Å². The molecule has 0 bridgehead atoms. The molecule has 0 saturated heterocycles. The van der Waals surface area contributed by atoms with Crippen LogP contribution < -0.4 is 5.32 Å². The van der Waals surface area contributed by atoms with Crippen LogP contribution in [-0.4, -0.2) is 35.1 Å². The fraction of sp³-hybridized carbons (Fsp3) is 0.310. The van der Waals surface area contributed by atoms with E-state index in [-0.39, 0.29) is 11.8 Å². The lowest BCUT2D eigenvalue weighted by Crippen LogP contribution is -2.51. The summed E-state index contributed by atoms with van der Waals surface area (Å²) < 4.78 is 0. The standard InChI is InChI=1S/C29H33ClN2O2S/c1-2-3-17-31-29(34)27(19-23-11-6-4-7-12-23)32(20-25-15-10-16-26(30)18-25)28(33)22-35-21-24-13-8-5-9-14-24/h4-16,18,27H,2-3,17,19-22H2,1H3,(H,31,34). The van der Waals surface area contributed by atoms with E-state index in [1.807, 2.05) is 72.8 Å². The Morgan fingerprint density at radius 2 is 1.57 bits per heavy atom. The van der Waals surface area contributed by atoms with Gasteiger partial charge in [-0.05, 0) is 35.2 Å². The zero-order valence-corrected chi connectivity index (χ0v) is 21.7.